The van der Waals surface area contributed by atoms with Crippen molar-refractivity contribution in [3.63, 3.8) is 0 Å². The topological polar surface area (TPSA) is 79.6 Å². The van der Waals surface area contributed by atoms with Crippen LogP contribution in [0.15, 0.2) is 29.4 Å². The summed E-state index contributed by atoms with van der Waals surface area (Å²) in [5.74, 6) is -0.399. The number of aromatic nitrogens is 2. The molecule has 0 atom stereocenters. The van der Waals surface area contributed by atoms with Gasteiger partial charge in [-0.3, -0.25) is 10.1 Å². The van der Waals surface area contributed by atoms with E-state index in [0.717, 1.165) is 5.01 Å². The number of halogens is 2. The second-order valence-corrected chi connectivity index (χ2v) is 5.63. The summed E-state index contributed by atoms with van der Waals surface area (Å²) in [6.45, 7) is 1.65. The van der Waals surface area contributed by atoms with Gasteiger partial charge in [-0.2, -0.15) is 10.2 Å². The van der Waals surface area contributed by atoms with Crippen molar-refractivity contribution in [1.29, 1.82) is 0 Å². The lowest BCUT2D eigenvalue weighted by Crippen LogP contribution is -2.24. The molecule has 3 rings (SSSR count). The zero-order valence-electron chi connectivity index (χ0n) is 12.0. The number of rotatable bonds is 3. The van der Waals surface area contributed by atoms with Gasteiger partial charge in [0.25, 0.3) is 0 Å². The van der Waals surface area contributed by atoms with Crippen LogP contribution >= 0.6 is 23.2 Å². The molecule has 1 aromatic carbocycles. The molecule has 1 N–H and O–H groups in total. The maximum absolute atomic E-state index is 11.5. The average Bonchev–Trinajstić information content (AvgIpc) is 2.96. The van der Waals surface area contributed by atoms with Crippen molar-refractivity contribution in [2.75, 3.05) is 6.54 Å². The fourth-order valence-electron chi connectivity index (χ4n) is 2.09. The predicted octanol–water partition coefficient (Wildman–Crippen LogP) is 2.37. The molecule has 23 heavy (non-hydrogen) atoms. The van der Waals surface area contributed by atoms with Crippen LogP contribution < -0.4 is 5.32 Å². The van der Waals surface area contributed by atoms with E-state index in [1.807, 2.05) is 6.07 Å². The minimum Gasteiger partial charge on any atom is -0.275 e. The van der Waals surface area contributed by atoms with Crippen LogP contribution in [-0.2, 0) is 4.79 Å². The molecule has 3 amide bonds. The van der Waals surface area contributed by atoms with Gasteiger partial charge in [0, 0.05) is 5.02 Å². The quantitative estimate of drug-likeness (QED) is 0.680. The SMILES string of the molecule is Cc1nn(-c2cccc(Cl)c2)c(Cl)c1/C=N/N1CC(=O)NC1=O. The molecule has 0 bridgehead atoms. The number of amides is 3. The molecule has 0 radical (unpaired) electrons. The number of hydrazone groups is 1. The molecule has 1 aromatic heterocycles. The first-order valence-electron chi connectivity index (χ1n) is 6.62. The van der Waals surface area contributed by atoms with Crippen LogP contribution in [0.5, 0.6) is 0 Å². The van der Waals surface area contributed by atoms with E-state index in [4.69, 9.17) is 23.2 Å². The van der Waals surface area contributed by atoms with Gasteiger partial charge in [-0.05, 0) is 25.1 Å². The Bertz CT molecular complexity index is 831. The maximum atomic E-state index is 11.5. The minimum absolute atomic E-state index is 0.117. The van der Waals surface area contributed by atoms with Crippen molar-refractivity contribution in [3.8, 4) is 5.69 Å². The zero-order valence-corrected chi connectivity index (χ0v) is 13.5. The van der Waals surface area contributed by atoms with E-state index in [9.17, 15) is 9.59 Å². The molecular formula is C14H11Cl2N5O2. The first kappa shape index (κ1) is 15.5. The molecule has 2 aromatic rings. The molecule has 9 heteroatoms. The Hall–Kier alpha value is -2.38. The van der Waals surface area contributed by atoms with Crippen LogP contribution in [0.1, 0.15) is 11.3 Å². The van der Waals surface area contributed by atoms with Gasteiger partial charge >= 0.3 is 6.03 Å². The lowest BCUT2D eigenvalue weighted by Gasteiger charge is -2.04. The fourth-order valence-corrected chi connectivity index (χ4v) is 2.59. The Balaban J connectivity index is 1.92. The number of benzene rings is 1. The van der Waals surface area contributed by atoms with Gasteiger partial charge in [0.05, 0.1) is 23.2 Å². The van der Waals surface area contributed by atoms with Crippen molar-refractivity contribution >= 4 is 41.4 Å². The summed E-state index contributed by atoms with van der Waals surface area (Å²) >= 11 is 12.3. The average molecular weight is 352 g/mol. The van der Waals surface area contributed by atoms with Crippen LogP contribution in [0.25, 0.3) is 5.69 Å². The van der Waals surface area contributed by atoms with Crippen molar-refractivity contribution in [2.24, 2.45) is 5.10 Å². The number of hydrogen-bond donors (Lipinski definition) is 1. The molecule has 0 saturated carbocycles. The minimum atomic E-state index is -0.567. The Morgan fingerprint density at radius 3 is 2.78 bits per heavy atom. The number of carbonyl (C=O) groups excluding carboxylic acids is 2. The highest BCUT2D eigenvalue weighted by Crippen LogP contribution is 2.23. The molecule has 0 unspecified atom stereocenters. The number of imide groups is 1. The summed E-state index contributed by atoms with van der Waals surface area (Å²) in [7, 11) is 0. The Morgan fingerprint density at radius 2 is 2.13 bits per heavy atom. The molecule has 0 aliphatic carbocycles. The second kappa shape index (κ2) is 6.02. The van der Waals surface area contributed by atoms with E-state index in [2.05, 4.69) is 15.5 Å². The van der Waals surface area contributed by atoms with Gasteiger partial charge in [-0.1, -0.05) is 29.3 Å². The highest BCUT2D eigenvalue weighted by molar-refractivity contribution is 6.32. The molecule has 1 aliphatic heterocycles. The number of carbonyl (C=O) groups is 2. The predicted molar refractivity (Wildman–Crippen MR) is 86.2 cm³/mol. The number of aryl methyl sites for hydroxylation is 1. The van der Waals surface area contributed by atoms with Gasteiger partial charge < -0.3 is 0 Å². The third kappa shape index (κ3) is 3.06. The van der Waals surface area contributed by atoms with Crippen LogP contribution in [0.2, 0.25) is 10.2 Å². The molecule has 0 spiro atoms. The summed E-state index contributed by atoms with van der Waals surface area (Å²) in [6.07, 6.45) is 1.41. The Kier molecular flexibility index (Phi) is 4.06. The number of nitrogens with zero attached hydrogens (tertiary/aromatic N) is 4. The summed E-state index contributed by atoms with van der Waals surface area (Å²) in [5.41, 5.74) is 1.89. The fraction of sp³-hybridized carbons (Fsp3) is 0.143. The van der Waals surface area contributed by atoms with E-state index in [-0.39, 0.29) is 6.54 Å². The van der Waals surface area contributed by atoms with E-state index in [0.29, 0.717) is 27.1 Å². The smallest absolute Gasteiger partial charge is 0.275 e. The number of hydrogen-bond acceptors (Lipinski definition) is 4. The zero-order chi connectivity index (χ0) is 16.6. The van der Waals surface area contributed by atoms with Crippen LogP contribution in [0.4, 0.5) is 4.79 Å². The Morgan fingerprint density at radius 1 is 1.35 bits per heavy atom. The van der Waals surface area contributed by atoms with Crippen LogP contribution in [-0.4, -0.2) is 39.5 Å². The van der Waals surface area contributed by atoms with Crippen molar-refractivity contribution in [2.45, 2.75) is 6.92 Å². The van der Waals surface area contributed by atoms with E-state index in [1.54, 1.807) is 25.1 Å². The van der Waals surface area contributed by atoms with Crippen molar-refractivity contribution in [3.05, 3.63) is 45.7 Å². The monoisotopic (exact) mass is 351 g/mol. The van der Waals surface area contributed by atoms with E-state index in [1.165, 1.54) is 10.9 Å². The molecule has 1 aliphatic rings. The second-order valence-electron chi connectivity index (χ2n) is 4.84. The third-order valence-corrected chi connectivity index (χ3v) is 3.80. The normalized spacial score (nSPS) is 14.8. The van der Waals surface area contributed by atoms with Gasteiger partial charge in [-0.25, -0.2) is 14.5 Å². The standard InChI is InChI=1S/C14H11Cl2N5O2/c1-8-11(6-17-20-7-12(22)18-14(20)23)13(16)21(19-8)10-4-2-3-9(15)5-10/h2-6H,7H2,1H3,(H,18,22,23)/b17-6+. The lowest BCUT2D eigenvalue weighted by molar-refractivity contribution is -0.118. The van der Waals surface area contributed by atoms with Gasteiger partial charge in [-0.15, -0.1) is 0 Å². The Labute approximate surface area is 141 Å². The summed E-state index contributed by atoms with van der Waals surface area (Å²) in [4.78, 5) is 22.6. The molecule has 1 fully saturated rings. The van der Waals surface area contributed by atoms with Crippen LogP contribution in [0, 0.1) is 6.92 Å². The van der Waals surface area contributed by atoms with Crippen molar-refractivity contribution in [1.82, 2.24) is 20.1 Å². The van der Waals surface area contributed by atoms with E-state index >= 15 is 0 Å². The van der Waals surface area contributed by atoms with Gasteiger partial charge in [0.2, 0.25) is 5.91 Å². The van der Waals surface area contributed by atoms with Gasteiger partial charge in [0.1, 0.15) is 11.7 Å². The van der Waals surface area contributed by atoms with Gasteiger partial charge in [0.15, 0.2) is 0 Å². The maximum Gasteiger partial charge on any atom is 0.344 e. The molecular weight excluding hydrogens is 341 g/mol. The van der Waals surface area contributed by atoms with E-state index < -0.39 is 11.9 Å². The molecule has 2 heterocycles. The largest absolute Gasteiger partial charge is 0.344 e. The van der Waals surface area contributed by atoms with Crippen LogP contribution in [0.3, 0.4) is 0 Å². The highest BCUT2D eigenvalue weighted by Gasteiger charge is 2.26. The molecule has 118 valence electrons. The highest BCUT2D eigenvalue weighted by atomic mass is 35.5. The number of urea groups is 1. The lowest BCUT2D eigenvalue weighted by atomic mass is 10.3. The summed E-state index contributed by atoms with van der Waals surface area (Å²) in [5, 5.41) is 12.4. The first-order valence-corrected chi connectivity index (χ1v) is 7.37. The first-order chi connectivity index (χ1) is 11.0. The van der Waals surface area contributed by atoms with Crippen molar-refractivity contribution < 1.29 is 9.59 Å². The molecule has 1 saturated heterocycles. The third-order valence-electron chi connectivity index (χ3n) is 3.20. The number of nitrogens with one attached hydrogen (secondary N) is 1. The summed E-state index contributed by atoms with van der Waals surface area (Å²) in [6, 6.07) is 6.52. The summed E-state index contributed by atoms with van der Waals surface area (Å²) < 4.78 is 1.53. The molecule has 7 nitrogen and oxygen atoms in total.